The monoisotopic (exact) mass is 645 g/mol. The Morgan fingerprint density at radius 3 is 2.11 bits per heavy atom. The van der Waals surface area contributed by atoms with Crippen molar-refractivity contribution in [1.29, 1.82) is 0 Å². The van der Waals surface area contributed by atoms with Gasteiger partial charge in [0.15, 0.2) is 0 Å². The third kappa shape index (κ3) is 8.94. The first kappa shape index (κ1) is 34.2. The van der Waals surface area contributed by atoms with Crippen LogP contribution < -0.4 is 14.4 Å². The molecule has 0 fully saturated rings. The Balaban J connectivity index is 1.78. The van der Waals surface area contributed by atoms with Crippen molar-refractivity contribution in [3.8, 4) is 5.75 Å². The number of hydrogen-bond donors (Lipinski definition) is 1. The Hall–Kier alpha value is -4.70. The van der Waals surface area contributed by atoms with Crippen molar-refractivity contribution < 1.29 is 27.1 Å². The van der Waals surface area contributed by atoms with Gasteiger partial charge < -0.3 is 15.0 Å². The summed E-state index contributed by atoms with van der Waals surface area (Å²) in [6.45, 7) is 5.86. The first-order valence-corrected chi connectivity index (χ1v) is 16.7. The molecule has 10 heteroatoms. The van der Waals surface area contributed by atoms with Crippen LogP contribution in [-0.4, -0.2) is 50.9 Å². The number of halogens is 1. The van der Waals surface area contributed by atoms with Crippen LogP contribution in [-0.2, 0) is 32.6 Å². The summed E-state index contributed by atoms with van der Waals surface area (Å²) in [5, 5.41) is 2.91. The van der Waals surface area contributed by atoms with E-state index in [0.717, 1.165) is 15.4 Å². The van der Waals surface area contributed by atoms with E-state index < -0.39 is 34.3 Å². The number of carbonyl (C=O) groups excluding carboxylic acids is 2. The lowest BCUT2D eigenvalue weighted by Crippen LogP contribution is -2.53. The molecule has 46 heavy (non-hydrogen) atoms. The van der Waals surface area contributed by atoms with Crippen LogP contribution in [0.1, 0.15) is 37.0 Å². The van der Waals surface area contributed by atoms with Crippen LogP contribution >= 0.6 is 0 Å². The predicted octanol–water partition coefficient (Wildman–Crippen LogP) is 5.89. The van der Waals surface area contributed by atoms with Gasteiger partial charge in [-0.25, -0.2) is 12.8 Å². The molecule has 1 atom stereocenters. The third-order valence-corrected chi connectivity index (χ3v) is 9.20. The number of carbonyl (C=O) groups is 2. The molecule has 0 spiro atoms. The van der Waals surface area contributed by atoms with E-state index in [4.69, 9.17) is 4.74 Å². The molecule has 0 aliphatic carbocycles. The Morgan fingerprint density at radius 1 is 0.848 bits per heavy atom. The highest BCUT2D eigenvalue weighted by Gasteiger charge is 2.34. The lowest BCUT2D eigenvalue weighted by atomic mass is 10.0. The Kier molecular flexibility index (Phi) is 11.9. The van der Waals surface area contributed by atoms with Gasteiger partial charge in [0, 0.05) is 19.5 Å². The van der Waals surface area contributed by atoms with E-state index in [1.807, 2.05) is 51.1 Å². The number of nitrogens with zero attached hydrogens (tertiary/aromatic N) is 2. The van der Waals surface area contributed by atoms with Crippen molar-refractivity contribution in [3.05, 3.63) is 126 Å². The minimum Gasteiger partial charge on any atom is -0.494 e. The molecule has 8 nitrogen and oxygen atoms in total. The van der Waals surface area contributed by atoms with Crippen LogP contribution in [0, 0.1) is 12.7 Å². The van der Waals surface area contributed by atoms with Gasteiger partial charge in [-0.1, -0.05) is 67.1 Å². The minimum absolute atomic E-state index is 0.0177. The van der Waals surface area contributed by atoms with Crippen molar-refractivity contribution in [2.24, 2.45) is 0 Å². The summed E-state index contributed by atoms with van der Waals surface area (Å²) in [4.78, 5) is 29.5. The maximum atomic E-state index is 14.4. The van der Waals surface area contributed by atoms with Crippen molar-refractivity contribution in [2.75, 3.05) is 24.0 Å². The zero-order valence-electron chi connectivity index (χ0n) is 26.4. The SMILES string of the molecule is CCCNC(=O)[C@@H](Cc1ccccc1)N(Cc1ccc(F)cc1)C(=O)CN(c1ccc(C)cc1)S(=O)(=O)c1ccc(OCC)cc1. The van der Waals surface area contributed by atoms with Gasteiger partial charge in [-0.2, -0.15) is 0 Å². The number of ether oxygens (including phenoxy) is 1. The van der Waals surface area contributed by atoms with Gasteiger partial charge in [0.1, 0.15) is 24.2 Å². The molecule has 4 aromatic carbocycles. The molecule has 1 N–H and O–H groups in total. The fourth-order valence-corrected chi connectivity index (χ4v) is 6.36. The van der Waals surface area contributed by atoms with E-state index in [1.165, 1.54) is 29.2 Å². The summed E-state index contributed by atoms with van der Waals surface area (Å²) in [5.41, 5.74) is 2.63. The van der Waals surface area contributed by atoms with Gasteiger partial charge in [-0.15, -0.1) is 0 Å². The van der Waals surface area contributed by atoms with Gasteiger partial charge in [0.05, 0.1) is 17.2 Å². The first-order chi connectivity index (χ1) is 22.1. The maximum absolute atomic E-state index is 14.4. The number of rotatable bonds is 15. The predicted molar refractivity (Wildman–Crippen MR) is 178 cm³/mol. The quantitative estimate of drug-likeness (QED) is 0.174. The fourth-order valence-electron chi connectivity index (χ4n) is 4.95. The summed E-state index contributed by atoms with van der Waals surface area (Å²) in [7, 11) is -4.24. The molecule has 0 bridgehead atoms. The molecule has 0 aromatic heterocycles. The maximum Gasteiger partial charge on any atom is 0.264 e. The highest BCUT2D eigenvalue weighted by atomic mass is 32.2. The smallest absolute Gasteiger partial charge is 0.264 e. The zero-order valence-corrected chi connectivity index (χ0v) is 27.2. The molecule has 0 aliphatic rings. The molecule has 0 aliphatic heterocycles. The highest BCUT2D eigenvalue weighted by Crippen LogP contribution is 2.27. The largest absolute Gasteiger partial charge is 0.494 e. The van der Waals surface area contributed by atoms with E-state index in [2.05, 4.69) is 5.32 Å². The number of sulfonamides is 1. The minimum atomic E-state index is -4.24. The molecule has 4 aromatic rings. The summed E-state index contributed by atoms with van der Waals surface area (Å²) in [6, 6.07) is 26.9. The van der Waals surface area contributed by atoms with Crippen LogP contribution in [0.25, 0.3) is 0 Å². The average molecular weight is 646 g/mol. The lowest BCUT2D eigenvalue weighted by Gasteiger charge is -2.34. The second-order valence-electron chi connectivity index (χ2n) is 10.9. The molecular formula is C36H40FN3O5S. The van der Waals surface area contributed by atoms with Gasteiger partial charge in [0.25, 0.3) is 10.0 Å². The summed E-state index contributed by atoms with van der Waals surface area (Å²) in [5.74, 6) is -0.869. The number of nitrogens with one attached hydrogen (secondary N) is 1. The average Bonchev–Trinajstić information content (AvgIpc) is 3.06. The standard InChI is InChI=1S/C36H40FN3O5S/c1-4-23-38-36(42)34(24-28-9-7-6-8-10-28)39(25-29-13-15-30(37)16-14-29)35(41)26-40(31-17-11-27(3)12-18-31)46(43,44)33-21-19-32(20-22-33)45-5-2/h6-22,34H,4-5,23-26H2,1-3H3,(H,38,42)/t34-/m1/s1. The van der Waals surface area contributed by atoms with Crippen LogP contribution in [0.4, 0.5) is 10.1 Å². The van der Waals surface area contributed by atoms with E-state index in [9.17, 15) is 22.4 Å². The van der Waals surface area contributed by atoms with E-state index in [0.29, 0.717) is 36.6 Å². The number of amides is 2. The number of anilines is 1. The first-order valence-electron chi connectivity index (χ1n) is 15.3. The van der Waals surface area contributed by atoms with Crippen LogP contribution in [0.2, 0.25) is 0 Å². The molecule has 0 saturated heterocycles. The van der Waals surface area contributed by atoms with E-state index >= 15 is 0 Å². The number of benzene rings is 4. The second-order valence-corrected chi connectivity index (χ2v) is 12.8. The van der Waals surface area contributed by atoms with Gasteiger partial charge in [-0.3, -0.25) is 13.9 Å². The number of hydrogen-bond acceptors (Lipinski definition) is 5. The summed E-state index contributed by atoms with van der Waals surface area (Å²) < 4.78 is 48.7. The molecule has 0 radical (unpaired) electrons. The van der Waals surface area contributed by atoms with E-state index in [1.54, 1.807) is 48.5 Å². The molecular weight excluding hydrogens is 605 g/mol. The molecule has 0 heterocycles. The van der Waals surface area contributed by atoms with Crippen LogP contribution in [0.3, 0.4) is 0 Å². The van der Waals surface area contributed by atoms with Gasteiger partial charge in [0.2, 0.25) is 11.8 Å². The van der Waals surface area contributed by atoms with E-state index in [-0.39, 0.29) is 23.8 Å². The highest BCUT2D eigenvalue weighted by molar-refractivity contribution is 7.92. The molecule has 0 saturated carbocycles. The molecule has 242 valence electrons. The van der Waals surface area contributed by atoms with Crippen LogP contribution in [0.5, 0.6) is 5.75 Å². The van der Waals surface area contributed by atoms with Crippen molar-refractivity contribution in [2.45, 2.75) is 51.1 Å². The van der Waals surface area contributed by atoms with Crippen LogP contribution in [0.15, 0.2) is 108 Å². The normalized spacial score (nSPS) is 11.8. The number of aryl methyl sites for hydroxylation is 1. The van der Waals surface area contributed by atoms with Gasteiger partial charge >= 0.3 is 0 Å². The Labute approximate surface area is 270 Å². The molecule has 2 amide bonds. The molecule has 0 unspecified atom stereocenters. The van der Waals surface area contributed by atoms with Crippen molar-refractivity contribution >= 4 is 27.5 Å². The Bertz CT molecular complexity index is 1680. The summed E-state index contributed by atoms with van der Waals surface area (Å²) >= 11 is 0. The second kappa shape index (κ2) is 16.0. The fraction of sp³-hybridized carbons (Fsp3) is 0.278. The molecule has 4 rings (SSSR count). The third-order valence-electron chi connectivity index (χ3n) is 7.41. The van der Waals surface area contributed by atoms with Crippen molar-refractivity contribution in [3.63, 3.8) is 0 Å². The van der Waals surface area contributed by atoms with Gasteiger partial charge in [-0.05, 0) is 79.9 Å². The zero-order chi connectivity index (χ0) is 33.1. The topological polar surface area (TPSA) is 96.0 Å². The lowest BCUT2D eigenvalue weighted by molar-refractivity contribution is -0.140. The Morgan fingerprint density at radius 2 is 1.50 bits per heavy atom. The summed E-state index contributed by atoms with van der Waals surface area (Å²) in [6.07, 6.45) is 0.886. The van der Waals surface area contributed by atoms with Crippen molar-refractivity contribution in [1.82, 2.24) is 10.2 Å².